The van der Waals surface area contributed by atoms with E-state index in [4.69, 9.17) is 0 Å². The average Bonchev–Trinajstić information content (AvgIpc) is 1.41. The molecule has 0 bridgehead atoms. The Bertz CT molecular complexity index is 28.8. The van der Waals surface area contributed by atoms with E-state index >= 15 is 0 Å². The van der Waals surface area contributed by atoms with E-state index in [0.717, 1.165) is 6.26 Å². The summed E-state index contributed by atoms with van der Waals surface area (Å²) in [6.07, 6.45) is 1.16. The first-order chi connectivity index (χ1) is 2.41. The number of rotatable bonds is 2. The molecule has 0 rings (SSSR count). The van der Waals surface area contributed by atoms with Crippen molar-refractivity contribution >= 4 is 10.5 Å². The van der Waals surface area contributed by atoms with Crippen molar-refractivity contribution in [1.29, 1.82) is 0 Å². The lowest BCUT2D eigenvalue weighted by Gasteiger charge is -1.84. The molecule has 27 valence electrons. The molecule has 0 heterocycles. The monoisotopic (exact) mass is 87.0 g/mol. The molecule has 0 atom stereocenters. The van der Waals surface area contributed by atoms with E-state index in [1.54, 1.807) is 0 Å². The van der Waals surface area contributed by atoms with E-state index in [-0.39, 0.29) is 0 Å². The third-order valence-electron chi connectivity index (χ3n) is 0.116. The Labute approximate surface area is 33.9 Å². The van der Waals surface area contributed by atoms with Crippen LogP contribution in [-0.4, -0.2) is 10.5 Å². The molecule has 3 heteroatoms. The minimum absolute atomic E-state index is 1.16. The summed E-state index contributed by atoms with van der Waals surface area (Å²) in [5.74, 6) is 0. The van der Waals surface area contributed by atoms with Gasteiger partial charge in [-0.25, -0.2) is 4.58 Å². The molecule has 0 spiro atoms. The molecule has 0 aliphatic rings. The van der Waals surface area contributed by atoms with Crippen LogP contribution in [0.2, 0.25) is 0 Å². The molecule has 0 amide bonds. The fourth-order valence-corrected chi connectivity index (χ4v) is 0.102. The van der Waals surface area contributed by atoms with Crippen LogP contribution in [0.1, 0.15) is 0 Å². The lowest BCUT2D eigenvalue weighted by atomic mass is 11.2. The van der Waals surface area contributed by atoms with Gasteiger partial charge in [0, 0.05) is 0 Å². The maximum atomic E-state index is 4.01. The van der Waals surface area contributed by atoms with Gasteiger partial charge < -0.3 is 4.89 Å². The standard InChI is InChI=1S/C2H3O2Si/c1-2-3-4-5/h2H,1H2. The first-order valence-corrected chi connectivity index (χ1v) is 1.42. The molecule has 0 unspecified atom stereocenters. The van der Waals surface area contributed by atoms with Crippen LogP contribution in [0.15, 0.2) is 12.8 Å². The summed E-state index contributed by atoms with van der Waals surface area (Å²) >= 11 is 0. The van der Waals surface area contributed by atoms with Gasteiger partial charge in [0.05, 0.1) is 0 Å². The van der Waals surface area contributed by atoms with Gasteiger partial charge in [-0.3, -0.25) is 0 Å². The molecule has 3 radical (unpaired) electrons. The summed E-state index contributed by atoms with van der Waals surface area (Å²) in [5.41, 5.74) is 0. The Morgan fingerprint density at radius 2 is 2.40 bits per heavy atom. The molecule has 0 aromatic heterocycles. The second-order valence-corrected chi connectivity index (χ2v) is 0.513. The van der Waals surface area contributed by atoms with Crippen LogP contribution >= 0.6 is 0 Å². The van der Waals surface area contributed by atoms with Gasteiger partial charge in [-0.05, 0) is 0 Å². The van der Waals surface area contributed by atoms with Crippen LogP contribution < -0.4 is 0 Å². The average molecular weight is 87.1 g/mol. The van der Waals surface area contributed by atoms with E-state index in [1.807, 2.05) is 0 Å². The van der Waals surface area contributed by atoms with Gasteiger partial charge in [0.15, 0.2) is 0 Å². The lowest BCUT2D eigenvalue weighted by Crippen LogP contribution is -1.74. The summed E-state index contributed by atoms with van der Waals surface area (Å²) in [7, 11) is 2.56. The van der Waals surface area contributed by atoms with Gasteiger partial charge in [-0.1, -0.05) is 6.58 Å². The predicted octanol–water partition coefficient (Wildman–Crippen LogP) is 0.162. The molecule has 0 aromatic carbocycles. The fourth-order valence-electron chi connectivity index (χ4n) is 0.0340. The lowest BCUT2D eigenvalue weighted by molar-refractivity contribution is -0.143. The second kappa shape index (κ2) is 3.72. The van der Waals surface area contributed by atoms with Crippen molar-refractivity contribution in [3.8, 4) is 0 Å². The molecule has 0 saturated carbocycles. The van der Waals surface area contributed by atoms with Gasteiger partial charge in [-0.2, -0.15) is 0 Å². The third-order valence-corrected chi connectivity index (χ3v) is 0.212. The van der Waals surface area contributed by atoms with Crippen molar-refractivity contribution in [2.75, 3.05) is 0 Å². The normalized spacial score (nSPS) is 6.60. The van der Waals surface area contributed by atoms with Crippen molar-refractivity contribution < 1.29 is 9.46 Å². The Morgan fingerprint density at radius 3 is 2.40 bits per heavy atom. The van der Waals surface area contributed by atoms with Crippen molar-refractivity contribution in [2.24, 2.45) is 0 Å². The molecule has 5 heavy (non-hydrogen) atoms. The fraction of sp³-hybridized carbons (Fsp3) is 0. The largest absolute Gasteiger partial charge is 0.359 e. The highest BCUT2D eigenvalue weighted by molar-refractivity contribution is 5.97. The maximum Gasteiger partial charge on any atom is 0.321 e. The molecule has 0 aliphatic carbocycles. The van der Waals surface area contributed by atoms with E-state index in [0.29, 0.717) is 0 Å². The van der Waals surface area contributed by atoms with Crippen LogP contribution in [0.3, 0.4) is 0 Å². The molecule has 2 nitrogen and oxygen atoms in total. The van der Waals surface area contributed by atoms with Gasteiger partial charge in [0.1, 0.15) is 6.26 Å². The molecule has 0 N–H and O–H groups in total. The Hall–Kier alpha value is -0.283. The van der Waals surface area contributed by atoms with Crippen molar-refractivity contribution in [3.63, 3.8) is 0 Å². The van der Waals surface area contributed by atoms with Gasteiger partial charge in [0.25, 0.3) is 0 Å². The Kier molecular flexibility index (Phi) is 3.51. The summed E-state index contributed by atoms with van der Waals surface area (Å²) in [5, 5.41) is 0. The molecular formula is C2H3O2Si. The maximum absolute atomic E-state index is 4.01. The van der Waals surface area contributed by atoms with Crippen molar-refractivity contribution in [1.82, 2.24) is 0 Å². The van der Waals surface area contributed by atoms with Crippen molar-refractivity contribution in [3.05, 3.63) is 12.8 Å². The number of hydrogen-bond acceptors (Lipinski definition) is 2. The highest BCUT2D eigenvalue weighted by atomic mass is 28.2. The topological polar surface area (TPSA) is 18.5 Å². The van der Waals surface area contributed by atoms with Crippen LogP contribution in [0.25, 0.3) is 0 Å². The summed E-state index contributed by atoms with van der Waals surface area (Å²) < 4.78 is 3.88. The zero-order valence-electron chi connectivity index (χ0n) is 2.60. The van der Waals surface area contributed by atoms with E-state index in [9.17, 15) is 0 Å². The van der Waals surface area contributed by atoms with E-state index in [2.05, 4.69) is 26.5 Å². The zero-order chi connectivity index (χ0) is 4.12. The minimum Gasteiger partial charge on any atom is -0.359 e. The minimum atomic E-state index is 1.16. The number of hydrogen-bond donors (Lipinski definition) is 0. The van der Waals surface area contributed by atoms with Crippen LogP contribution in [0, 0.1) is 0 Å². The zero-order valence-corrected chi connectivity index (χ0v) is 3.60. The third kappa shape index (κ3) is 3.72. The quantitative estimate of drug-likeness (QED) is 0.207. The predicted molar refractivity (Wildman–Crippen MR) is 18.1 cm³/mol. The van der Waals surface area contributed by atoms with E-state index < -0.39 is 0 Å². The first-order valence-electron chi connectivity index (χ1n) is 1.01. The molecule has 0 saturated heterocycles. The Balaban J connectivity index is 2.40. The van der Waals surface area contributed by atoms with E-state index in [1.165, 1.54) is 0 Å². The first kappa shape index (κ1) is 4.72. The van der Waals surface area contributed by atoms with Gasteiger partial charge in [0.2, 0.25) is 0 Å². The highest BCUT2D eigenvalue weighted by Crippen LogP contribution is 1.64. The summed E-state index contributed by atoms with van der Waals surface area (Å²) in [4.78, 5) is 4.01. The van der Waals surface area contributed by atoms with Crippen molar-refractivity contribution in [2.45, 2.75) is 0 Å². The summed E-state index contributed by atoms with van der Waals surface area (Å²) in [6.45, 7) is 3.17. The van der Waals surface area contributed by atoms with Crippen LogP contribution in [0.4, 0.5) is 0 Å². The van der Waals surface area contributed by atoms with Crippen LogP contribution in [-0.2, 0) is 9.46 Å². The van der Waals surface area contributed by atoms with Gasteiger partial charge >= 0.3 is 10.5 Å². The second-order valence-electron chi connectivity index (χ2n) is 0.346. The summed E-state index contributed by atoms with van der Waals surface area (Å²) in [6, 6.07) is 0. The Morgan fingerprint density at radius 1 is 1.80 bits per heavy atom. The van der Waals surface area contributed by atoms with Crippen LogP contribution in [0.5, 0.6) is 0 Å². The molecule has 0 fully saturated rings. The smallest absolute Gasteiger partial charge is 0.321 e. The molecule has 0 aliphatic heterocycles. The SMILES string of the molecule is C=COO[Si]. The van der Waals surface area contributed by atoms with Gasteiger partial charge in [-0.15, -0.1) is 0 Å². The molecular weight excluding hydrogens is 84.1 g/mol. The highest BCUT2D eigenvalue weighted by Gasteiger charge is 1.55. The molecule has 0 aromatic rings.